The van der Waals surface area contributed by atoms with E-state index in [4.69, 9.17) is 16.7 Å². The summed E-state index contributed by atoms with van der Waals surface area (Å²) in [4.78, 5) is 10.7. The number of carboxylic acid groups (broad SMARTS) is 1. The van der Waals surface area contributed by atoms with Crippen molar-refractivity contribution < 1.29 is 36.9 Å². The molecule has 1 rings (SSSR count). The monoisotopic (exact) mass is 288 g/mol. The third-order valence-corrected chi connectivity index (χ3v) is 1.99. The molecule has 0 fully saturated rings. The third kappa shape index (κ3) is 3.66. The molecule has 0 aliphatic carbocycles. The normalized spacial score (nSPS) is 10.8. The molecule has 0 unspecified atom stereocenters. The van der Waals surface area contributed by atoms with E-state index in [9.17, 15) is 22.4 Å². The summed E-state index contributed by atoms with van der Waals surface area (Å²) in [5.74, 6) is -3.08. The smallest absolute Gasteiger partial charge is 0.387 e. The zero-order chi connectivity index (χ0) is 13.9. The fraction of sp³-hybridized carbons (Fsp3) is 0.222. The predicted molar refractivity (Wildman–Crippen MR) is 51.7 cm³/mol. The first kappa shape index (κ1) is 14.4. The van der Waals surface area contributed by atoms with Gasteiger partial charge in [-0.1, -0.05) is 11.6 Å². The Hall–Kier alpha value is -1.70. The van der Waals surface area contributed by atoms with Gasteiger partial charge in [-0.25, -0.2) is 4.79 Å². The van der Waals surface area contributed by atoms with Crippen LogP contribution in [0.3, 0.4) is 0 Å². The number of benzene rings is 1. The van der Waals surface area contributed by atoms with Gasteiger partial charge in [0.15, 0.2) is 0 Å². The fourth-order valence-corrected chi connectivity index (χ4v) is 1.29. The van der Waals surface area contributed by atoms with Crippen molar-refractivity contribution in [3.63, 3.8) is 0 Å². The van der Waals surface area contributed by atoms with E-state index in [1.165, 1.54) is 0 Å². The van der Waals surface area contributed by atoms with Gasteiger partial charge in [0, 0.05) is 6.07 Å². The minimum absolute atomic E-state index is 0.464. The molecule has 4 nitrogen and oxygen atoms in total. The molecule has 9 heteroatoms. The average Bonchev–Trinajstić information content (AvgIpc) is 2.20. The lowest BCUT2D eigenvalue weighted by atomic mass is 10.2. The molecule has 0 saturated heterocycles. The zero-order valence-corrected chi connectivity index (χ0v) is 9.13. The first-order valence-corrected chi connectivity index (χ1v) is 4.65. The van der Waals surface area contributed by atoms with Gasteiger partial charge in [0.2, 0.25) is 0 Å². The molecule has 0 aromatic heterocycles. The summed E-state index contributed by atoms with van der Waals surface area (Å²) < 4.78 is 55.8. The van der Waals surface area contributed by atoms with Crippen LogP contribution in [0.2, 0.25) is 5.02 Å². The Morgan fingerprint density at radius 2 is 1.61 bits per heavy atom. The van der Waals surface area contributed by atoms with E-state index in [0.717, 1.165) is 0 Å². The Labute approximate surface area is 103 Å². The molecular formula is C9H5ClF4O4. The Balaban J connectivity index is 3.21. The summed E-state index contributed by atoms with van der Waals surface area (Å²) in [5.41, 5.74) is -0.693. The van der Waals surface area contributed by atoms with Crippen LogP contribution in [0.1, 0.15) is 10.4 Å². The number of carboxylic acids is 1. The van der Waals surface area contributed by atoms with Crippen LogP contribution >= 0.6 is 11.6 Å². The van der Waals surface area contributed by atoms with Crippen LogP contribution < -0.4 is 9.47 Å². The fourth-order valence-electron chi connectivity index (χ4n) is 1.08. The highest BCUT2D eigenvalue weighted by molar-refractivity contribution is 6.32. The zero-order valence-electron chi connectivity index (χ0n) is 8.37. The molecule has 1 aromatic carbocycles. The van der Waals surface area contributed by atoms with Crippen molar-refractivity contribution in [1.29, 1.82) is 0 Å². The molecule has 1 aromatic rings. The Morgan fingerprint density at radius 1 is 1.11 bits per heavy atom. The molecule has 0 saturated carbocycles. The lowest BCUT2D eigenvalue weighted by Crippen LogP contribution is -2.09. The Kier molecular flexibility index (Phi) is 4.60. The summed E-state index contributed by atoms with van der Waals surface area (Å²) in [5, 5.41) is 8.24. The highest BCUT2D eigenvalue weighted by Crippen LogP contribution is 2.34. The number of ether oxygens (including phenoxy) is 2. The number of halogens is 5. The van der Waals surface area contributed by atoms with Crippen LogP contribution in [0.5, 0.6) is 11.5 Å². The van der Waals surface area contributed by atoms with Crippen LogP contribution in [0, 0.1) is 0 Å². The SMILES string of the molecule is O=C(O)c1cc(Cl)c(OC(F)F)cc1OC(F)F. The second-order valence-corrected chi connectivity index (χ2v) is 3.25. The minimum atomic E-state index is -3.32. The molecular weight excluding hydrogens is 284 g/mol. The Bertz CT molecular complexity index is 452. The maximum atomic E-state index is 12.0. The summed E-state index contributed by atoms with van der Waals surface area (Å²) in [6.45, 7) is -6.55. The number of hydrogen-bond donors (Lipinski definition) is 1. The second-order valence-electron chi connectivity index (χ2n) is 2.84. The lowest BCUT2D eigenvalue weighted by Gasteiger charge is -2.12. The highest BCUT2D eigenvalue weighted by Gasteiger charge is 2.20. The molecule has 0 aliphatic heterocycles. The molecule has 0 spiro atoms. The van der Waals surface area contributed by atoms with Crippen LogP contribution in [0.15, 0.2) is 12.1 Å². The lowest BCUT2D eigenvalue weighted by molar-refractivity contribution is -0.0544. The predicted octanol–water partition coefficient (Wildman–Crippen LogP) is 3.24. The maximum Gasteiger partial charge on any atom is 0.387 e. The van der Waals surface area contributed by atoms with Crippen molar-refractivity contribution in [2.75, 3.05) is 0 Å². The van der Waals surface area contributed by atoms with Gasteiger partial charge in [-0.05, 0) is 6.07 Å². The van der Waals surface area contributed by atoms with E-state index >= 15 is 0 Å². The van der Waals surface area contributed by atoms with Crippen molar-refractivity contribution in [2.24, 2.45) is 0 Å². The van der Waals surface area contributed by atoms with E-state index in [-0.39, 0.29) is 0 Å². The molecule has 0 heterocycles. The van der Waals surface area contributed by atoms with Crippen molar-refractivity contribution in [1.82, 2.24) is 0 Å². The van der Waals surface area contributed by atoms with Gasteiger partial charge in [0.05, 0.1) is 5.02 Å². The van der Waals surface area contributed by atoms with E-state index < -0.39 is 41.3 Å². The first-order valence-electron chi connectivity index (χ1n) is 4.27. The van der Waals surface area contributed by atoms with E-state index in [1.54, 1.807) is 0 Å². The molecule has 0 bridgehead atoms. The number of alkyl halides is 4. The van der Waals surface area contributed by atoms with Gasteiger partial charge in [-0.3, -0.25) is 0 Å². The van der Waals surface area contributed by atoms with Gasteiger partial charge in [0.25, 0.3) is 0 Å². The summed E-state index contributed by atoms with van der Waals surface area (Å²) in [6, 6.07) is 1.24. The summed E-state index contributed by atoms with van der Waals surface area (Å²) >= 11 is 5.46. The Morgan fingerprint density at radius 3 is 2.06 bits per heavy atom. The summed E-state index contributed by atoms with van der Waals surface area (Å²) in [7, 11) is 0. The van der Waals surface area contributed by atoms with Crippen LogP contribution in [0.4, 0.5) is 17.6 Å². The van der Waals surface area contributed by atoms with Crippen molar-refractivity contribution in [3.8, 4) is 11.5 Å². The first-order chi connectivity index (χ1) is 8.31. The maximum absolute atomic E-state index is 12.0. The third-order valence-electron chi connectivity index (χ3n) is 1.70. The van der Waals surface area contributed by atoms with Gasteiger partial charge in [-0.15, -0.1) is 0 Å². The molecule has 18 heavy (non-hydrogen) atoms. The molecule has 100 valence electrons. The second kappa shape index (κ2) is 5.76. The van der Waals surface area contributed by atoms with E-state index in [2.05, 4.69) is 9.47 Å². The van der Waals surface area contributed by atoms with Gasteiger partial charge in [-0.2, -0.15) is 17.6 Å². The van der Waals surface area contributed by atoms with Crippen LogP contribution in [-0.2, 0) is 0 Å². The number of aromatic carboxylic acids is 1. The van der Waals surface area contributed by atoms with E-state index in [0.29, 0.717) is 12.1 Å². The van der Waals surface area contributed by atoms with Gasteiger partial charge >= 0.3 is 19.2 Å². The molecule has 0 atom stereocenters. The summed E-state index contributed by atoms with van der Waals surface area (Å²) in [6.07, 6.45) is 0. The standard InChI is InChI=1S/C9H5ClF4O4/c10-4-1-3(7(15)16)5(17-8(11)12)2-6(4)18-9(13)14/h1-2,8-9H,(H,15,16). The average molecular weight is 289 g/mol. The molecule has 1 N–H and O–H groups in total. The number of hydrogen-bond acceptors (Lipinski definition) is 3. The number of rotatable bonds is 5. The largest absolute Gasteiger partial charge is 0.478 e. The van der Waals surface area contributed by atoms with Crippen molar-refractivity contribution in [3.05, 3.63) is 22.7 Å². The molecule has 0 amide bonds. The van der Waals surface area contributed by atoms with Crippen LogP contribution in [-0.4, -0.2) is 24.3 Å². The van der Waals surface area contributed by atoms with Gasteiger partial charge < -0.3 is 14.6 Å². The molecule has 0 aliphatic rings. The van der Waals surface area contributed by atoms with E-state index in [1.807, 2.05) is 0 Å². The molecule has 0 radical (unpaired) electrons. The number of carbonyl (C=O) groups is 1. The highest BCUT2D eigenvalue weighted by atomic mass is 35.5. The van der Waals surface area contributed by atoms with Crippen molar-refractivity contribution in [2.45, 2.75) is 13.2 Å². The van der Waals surface area contributed by atoms with Gasteiger partial charge in [0.1, 0.15) is 17.1 Å². The topological polar surface area (TPSA) is 55.8 Å². The quantitative estimate of drug-likeness (QED) is 0.845. The van der Waals surface area contributed by atoms with Crippen molar-refractivity contribution >= 4 is 17.6 Å². The van der Waals surface area contributed by atoms with Crippen LogP contribution in [0.25, 0.3) is 0 Å². The minimum Gasteiger partial charge on any atom is -0.478 e.